The van der Waals surface area contributed by atoms with Crippen LogP contribution in [-0.4, -0.2) is 26.9 Å². The molecule has 1 aromatic carbocycles. The average molecular weight is 239 g/mol. The van der Waals surface area contributed by atoms with E-state index < -0.39 is 0 Å². The number of ether oxygens (including phenoxy) is 2. The topological polar surface area (TPSA) is 30.5 Å². The Hall–Kier alpha value is -1.13. The molecule has 0 unspecified atom stereocenters. The zero-order valence-corrected chi connectivity index (χ0v) is 10.3. The van der Waals surface area contributed by atoms with Crippen LogP contribution in [0.15, 0.2) is 18.2 Å². The maximum atomic E-state index is 13.8. The Labute approximate surface area is 101 Å². The van der Waals surface area contributed by atoms with Crippen molar-refractivity contribution in [3.05, 3.63) is 29.6 Å². The highest BCUT2D eigenvalue weighted by atomic mass is 19.1. The molecule has 1 N–H and O–H groups in total. The molecule has 3 nitrogen and oxygen atoms in total. The highest BCUT2D eigenvalue weighted by Gasteiger charge is 2.32. The second-order valence-electron chi connectivity index (χ2n) is 4.84. The standard InChI is InChI=1S/C13H18FNO2/c1-13(8-17-9-13)7-15-6-10-4-3-5-11(16-2)12(10)14/h3-5,15H,6-9H2,1-2H3. The normalized spacial score (nSPS) is 17.6. The van der Waals surface area contributed by atoms with E-state index in [0.29, 0.717) is 17.9 Å². The van der Waals surface area contributed by atoms with Crippen LogP contribution in [0.3, 0.4) is 0 Å². The summed E-state index contributed by atoms with van der Waals surface area (Å²) in [6.45, 7) is 5.06. The summed E-state index contributed by atoms with van der Waals surface area (Å²) < 4.78 is 23.9. The van der Waals surface area contributed by atoms with Crippen molar-refractivity contribution in [2.24, 2.45) is 5.41 Å². The zero-order chi connectivity index (χ0) is 12.3. The summed E-state index contributed by atoms with van der Waals surface area (Å²) >= 11 is 0. The Balaban J connectivity index is 1.90. The predicted octanol–water partition coefficient (Wildman–Crippen LogP) is 1.96. The summed E-state index contributed by atoms with van der Waals surface area (Å²) in [6.07, 6.45) is 0. The second kappa shape index (κ2) is 5.02. The second-order valence-corrected chi connectivity index (χ2v) is 4.84. The Morgan fingerprint density at radius 3 is 2.82 bits per heavy atom. The van der Waals surface area contributed by atoms with Gasteiger partial charge in [-0.25, -0.2) is 4.39 Å². The summed E-state index contributed by atoms with van der Waals surface area (Å²) in [5.41, 5.74) is 0.836. The summed E-state index contributed by atoms with van der Waals surface area (Å²) in [5.74, 6) is 0.0139. The molecular formula is C13H18FNO2. The van der Waals surface area contributed by atoms with E-state index in [0.717, 1.165) is 19.8 Å². The van der Waals surface area contributed by atoms with Crippen molar-refractivity contribution in [1.82, 2.24) is 5.32 Å². The summed E-state index contributed by atoms with van der Waals surface area (Å²) in [4.78, 5) is 0. The van der Waals surface area contributed by atoms with Crippen LogP contribution in [0.2, 0.25) is 0 Å². The van der Waals surface area contributed by atoms with E-state index in [9.17, 15) is 4.39 Å². The number of rotatable bonds is 5. The van der Waals surface area contributed by atoms with Crippen LogP contribution in [0.5, 0.6) is 5.75 Å². The quantitative estimate of drug-likeness (QED) is 0.852. The van der Waals surface area contributed by atoms with E-state index in [-0.39, 0.29) is 11.2 Å². The number of nitrogens with one attached hydrogen (secondary N) is 1. The fourth-order valence-corrected chi connectivity index (χ4v) is 1.90. The van der Waals surface area contributed by atoms with E-state index in [1.54, 1.807) is 18.2 Å². The molecule has 0 aliphatic carbocycles. The molecule has 0 aromatic heterocycles. The van der Waals surface area contributed by atoms with Gasteiger partial charge in [0.2, 0.25) is 0 Å². The van der Waals surface area contributed by atoms with E-state index in [2.05, 4.69) is 12.2 Å². The zero-order valence-electron chi connectivity index (χ0n) is 10.3. The van der Waals surface area contributed by atoms with Crippen LogP contribution in [0.1, 0.15) is 12.5 Å². The van der Waals surface area contributed by atoms with Crippen molar-refractivity contribution in [3.63, 3.8) is 0 Å². The molecule has 1 aromatic rings. The highest BCUT2D eigenvalue weighted by molar-refractivity contribution is 5.30. The predicted molar refractivity (Wildman–Crippen MR) is 63.6 cm³/mol. The van der Waals surface area contributed by atoms with Crippen molar-refractivity contribution >= 4 is 0 Å². The van der Waals surface area contributed by atoms with Crippen molar-refractivity contribution in [2.75, 3.05) is 26.9 Å². The fourth-order valence-electron chi connectivity index (χ4n) is 1.90. The number of methoxy groups -OCH3 is 1. The molecule has 94 valence electrons. The van der Waals surface area contributed by atoms with Gasteiger partial charge in [0.1, 0.15) is 0 Å². The first kappa shape index (κ1) is 12.3. The van der Waals surface area contributed by atoms with Gasteiger partial charge in [-0.2, -0.15) is 0 Å². The van der Waals surface area contributed by atoms with Crippen molar-refractivity contribution in [2.45, 2.75) is 13.5 Å². The average Bonchev–Trinajstić information content (AvgIpc) is 2.29. The minimum Gasteiger partial charge on any atom is -0.494 e. The Kier molecular flexibility index (Phi) is 3.64. The third kappa shape index (κ3) is 2.76. The van der Waals surface area contributed by atoms with Gasteiger partial charge in [0, 0.05) is 24.1 Å². The maximum Gasteiger partial charge on any atom is 0.169 e. The number of benzene rings is 1. The molecule has 1 heterocycles. The Morgan fingerprint density at radius 1 is 1.47 bits per heavy atom. The lowest BCUT2D eigenvalue weighted by molar-refractivity contribution is -0.0991. The van der Waals surface area contributed by atoms with Gasteiger partial charge in [-0.1, -0.05) is 19.1 Å². The van der Waals surface area contributed by atoms with Crippen LogP contribution in [0.25, 0.3) is 0 Å². The lowest BCUT2D eigenvalue weighted by Gasteiger charge is -2.38. The molecule has 0 bridgehead atoms. The molecule has 4 heteroatoms. The largest absolute Gasteiger partial charge is 0.494 e. The van der Waals surface area contributed by atoms with Gasteiger partial charge in [0.25, 0.3) is 0 Å². The van der Waals surface area contributed by atoms with Gasteiger partial charge < -0.3 is 14.8 Å². The molecule has 0 atom stereocenters. The molecule has 17 heavy (non-hydrogen) atoms. The summed E-state index contributed by atoms with van der Waals surface area (Å²) in [6, 6.07) is 5.19. The monoisotopic (exact) mass is 239 g/mol. The molecule has 1 aliphatic heterocycles. The van der Waals surface area contributed by atoms with E-state index in [4.69, 9.17) is 9.47 Å². The molecule has 1 fully saturated rings. The van der Waals surface area contributed by atoms with Gasteiger partial charge in [-0.05, 0) is 6.07 Å². The van der Waals surface area contributed by atoms with Gasteiger partial charge in [0.15, 0.2) is 11.6 Å². The lowest BCUT2D eigenvalue weighted by Crippen LogP contribution is -2.47. The third-order valence-corrected chi connectivity index (χ3v) is 3.03. The lowest BCUT2D eigenvalue weighted by atomic mass is 9.89. The molecule has 1 aliphatic rings. The molecule has 1 saturated heterocycles. The Bertz CT molecular complexity index is 391. The molecule has 0 spiro atoms. The summed E-state index contributed by atoms with van der Waals surface area (Å²) in [7, 11) is 1.47. The fraction of sp³-hybridized carbons (Fsp3) is 0.538. The highest BCUT2D eigenvalue weighted by Crippen LogP contribution is 2.25. The smallest absolute Gasteiger partial charge is 0.169 e. The van der Waals surface area contributed by atoms with E-state index in [1.807, 2.05) is 0 Å². The van der Waals surface area contributed by atoms with Gasteiger partial charge in [-0.3, -0.25) is 0 Å². The molecule has 0 radical (unpaired) electrons. The minimum atomic E-state index is -0.280. The van der Waals surface area contributed by atoms with Crippen LogP contribution >= 0.6 is 0 Å². The minimum absolute atomic E-state index is 0.204. The van der Waals surface area contributed by atoms with Crippen molar-refractivity contribution in [3.8, 4) is 5.75 Å². The van der Waals surface area contributed by atoms with E-state index in [1.165, 1.54) is 7.11 Å². The first-order valence-electron chi connectivity index (χ1n) is 5.74. The summed E-state index contributed by atoms with van der Waals surface area (Å²) in [5, 5.41) is 3.26. The van der Waals surface area contributed by atoms with Crippen molar-refractivity contribution in [1.29, 1.82) is 0 Å². The number of hydrogen-bond acceptors (Lipinski definition) is 3. The maximum absolute atomic E-state index is 13.8. The van der Waals surface area contributed by atoms with Gasteiger partial charge >= 0.3 is 0 Å². The number of halogens is 1. The van der Waals surface area contributed by atoms with Crippen LogP contribution in [-0.2, 0) is 11.3 Å². The van der Waals surface area contributed by atoms with Gasteiger partial charge in [-0.15, -0.1) is 0 Å². The van der Waals surface area contributed by atoms with Gasteiger partial charge in [0.05, 0.1) is 20.3 Å². The van der Waals surface area contributed by atoms with Crippen LogP contribution in [0.4, 0.5) is 4.39 Å². The number of hydrogen-bond donors (Lipinski definition) is 1. The Morgan fingerprint density at radius 2 is 2.24 bits per heavy atom. The first-order valence-corrected chi connectivity index (χ1v) is 5.74. The van der Waals surface area contributed by atoms with Crippen LogP contribution in [0, 0.1) is 11.2 Å². The SMILES string of the molecule is COc1cccc(CNCC2(C)COC2)c1F. The molecule has 0 saturated carbocycles. The van der Waals surface area contributed by atoms with Crippen LogP contribution < -0.4 is 10.1 Å². The molecular weight excluding hydrogens is 221 g/mol. The third-order valence-electron chi connectivity index (χ3n) is 3.03. The molecule has 0 amide bonds. The van der Waals surface area contributed by atoms with E-state index >= 15 is 0 Å². The van der Waals surface area contributed by atoms with Crippen molar-refractivity contribution < 1.29 is 13.9 Å². The molecule has 2 rings (SSSR count). The first-order chi connectivity index (χ1) is 8.14.